The monoisotopic (exact) mass is 258 g/mol. The van der Waals surface area contributed by atoms with Gasteiger partial charge < -0.3 is 14.8 Å². The molecule has 18 heavy (non-hydrogen) atoms. The molecule has 0 aliphatic rings. The fraction of sp³-hybridized carbons (Fsp3) is 0.455. The zero-order valence-electron chi connectivity index (χ0n) is 10.4. The van der Waals surface area contributed by atoms with Gasteiger partial charge in [0.05, 0.1) is 30.4 Å². The van der Waals surface area contributed by atoms with Crippen LogP contribution in [0, 0.1) is 15.9 Å². The highest BCUT2D eigenvalue weighted by Crippen LogP contribution is 2.32. The average molecular weight is 258 g/mol. The van der Waals surface area contributed by atoms with Crippen molar-refractivity contribution in [1.82, 2.24) is 0 Å². The number of nitrogens with one attached hydrogen (secondary N) is 1. The van der Waals surface area contributed by atoms with Gasteiger partial charge in [-0.2, -0.15) is 0 Å². The molecule has 0 heterocycles. The van der Waals surface area contributed by atoms with Gasteiger partial charge in [-0.1, -0.05) is 0 Å². The lowest BCUT2D eigenvalue weighted by molar-refractivity contribution is -0.385. The Morgan fingerprint density at radius 2 is 2.17 bits per heavy atom. The molecule has 1 unspecified atom stereocenters. The van der Waals surface area contributed by atoms with Gasteiger partial charge in [0.1, 0.15) is 0 Å². The fourth-order valence-corrected chi connectivity index (χ4v) is 1.52. The molecular weight excluding hydrogens is 243 g/mol. The van der Waals surface area contributed by atoms with Gasteiger partial charge in [0, 0.05) is 19.2 Å². The predicted molar refractivity (Wildman–Crippen MR) is 64.6 cm³/mol. The van der Waals surface area contributed by atoms with E-state index in [-0.39, 0.29) is 17.5 Å². The van der Waals surface area contributed by atoms with Crippen LogP contribution >= 0.6 is 0 Å². The van der Waals surface area contributed by atoms with E-state index in [0.29, 0.717) is 6.61 Å². The number of anilines is 1. The van der Waals surface area contributed by atoms with Gasteiger partial charge in [-0.25, -0.2) is 4.39 Å². The molecule has 1 rings (SSSR count). The van der Waals surface area contributed by atoms with Crippen molar-refractivity contribution in [3.05, 3.63) is 28.1 Å². The number of hydrogen-bond acceptors (Lipinski definition) is 5. The lowest BCUT2D eigenvalue weighted by Crippen LogP contribution is -2.21. The first-order valence-corrected chi connectivity index (χ1v) is 5.27. The number of ether oxygens (including phenoxy) is 2. The van der Waals surface area contributed by atoms with Gasteiger partial charge in [-0.15, -0.1) is 0 Å². The Balaban J connectivity index is 3.03. The van der Waals surface area contributed by atoms with Crippen LogP contribution in [-0.2, 0) is 4.74 Å². The van der Waals surface area contributed by atoms with Crippen LogP contribution in [0.4, 0.5) is 15.8 Å². The van der Waals surface area contributed by atoms with Crippen molar-refractivity contribution in [2.45, 2.75) is 13.0 Å². The summed E-state index contributed by atoms with van der Waals surface area (Å²) >= 11 is 0. The molecule has 0 bridgehead atoms. The first kappa shape index (κ1) is 14.2. The molecule has 0 radical (unpaired) electrons. The SMILES string of the molecule is COCC(C)Nc1cc(OC)c([N+](=O)[O-])cc1F. The van der Waals surface area contributed by atoms with Crippen LogP contribution < -0.4 is 10.1 Å². The third-order valence-corrected chi connectivity index (χ3v) is 2.28. The van der Waals surface area contributed by atoms with E-state index in [2.05, 4.69) is 5.32 Å². The van der Waals surface area contributed by atoms with E-state index in [9.17, 15) is 14.5 Å². The quantitative estimate of drug-likeness (QED) is 0.625. The van der Waals surface area contributed by atoms with Gasteiger partial charge >= 0.3 is 5.69 Å². The number of nitro groups is 1. The first-order valence-electron chi connectivity index (χ1n) is 5.27. The third kappa shape index (κ3) is 3.30. The standard InChI is InChI=1S/C11H15FN2O4/c1-7(6-17-2)13-9-5-11(18-3)10(14(15)16)4-8(9)12/h4-5,7,13H,6H2,1-3H3. The molecule has 7 heteroatoms. The molecule has 0 spiro atoms. The van der Waals surface area contributed by atoms with Crippen LogP contribution in [0.2, 0.25) is 0 Å². The third-order valence-electron chi connectivity index (χ3n) is 2.28. The fourth-order valence-electron chi connectivity index (χ4n) is 1.52. The molecule has 0 saturated carbocycles. The minimum absolute atomic E-state index is 0.00789. The van der Waals surface area contributed by atoms with E-state index in [1.54, 1.807) is 6.92 Å². The predicted octanol–water partition coefficient (Wildman–Crippen LogP) is 2.19. The molecule has 1 aromatic rings. The highest BCUT2D eigenvalue weighted by atomic mass is 19.1. The Bertz CT molecular complexity index is 439. The molecule has 0 fully saturated rings. The molecule has 0 saturated heterocycles. The maximum atomic E-state index is 13.7. The highest BCUT2D eigenvalue weighted by molar-refractivity contribution is 5.59. The van der Waals surface area contributed by atoms with Gasteiger partial charge in [0.2, 0.25) is 0 Å². The Labute approximate surface area is 104 Å². The molecule has 1 atom stereocenters. The van der Waals surface area contributed by atoms with Crippen molar-refractivity contribution in [2.75, 3.05) is 26.1 Å². The molecule has 1 aromatic carbocycles. The van der Waals surface area contributed by atoms with E-state index in [0.717, 1.165) is 6.07 Å². The summed E-state index contributed by atoms with van der Waals surface area (Å²) in [6.07, 6.45) is 0. The Hall–Kier alpha value is -1.89. The molecule has 0 aromatic heterocycles. The number of hydrogen-bond donors (Lipinski definition) is 1. The van der Waals surface area contributed by atoms with Crippen LogP contribution in [0.5, 0.6) is 5.75 Å². The number of methoxy groups -OCH3 is 2. The van der Waals surface area contributed by atoms with Crippen LogP contribution in [-0.4, -0.2) is 31.8 Å². The summed E-state index contributed by atoms with van der Waals surface area (Å²) in [5, 5.41) is 13.5. The second-order valence-electron chi connectivity index (χ2n) is 3.76. The van der Waals surface area contributed by atoms with Crippen molar-refractivity contribution in [2.24, 2.45) is 0 Å². The summed E-state index contributed by atoms with van der Waals surface area (Å²) in [5.41, 5.74) is -0.262. The van der Waals surface area contributed by atoms with Gasteiger partial charge in [0.15, 0.2) is 11.6 Å². The number of nitrogens with zero attached hydrogens (tertiary/aromatic N) is 1. The van der Waals surface area contributed by atoms with Crippen LogP contribution in [0.25, 0.3) is 0 Å². The smallest absolute Gasteiger partial charge is 0.313 e. The van der Waals surface area contributed by atoms with E-state index >= 15 is 0 Å². The van der Waals surface area contributed by atoms with Crippen molar-refractivity contribution < 1.29 is 18.8 Å². The van der Waals surface area contributed by atoms with E-state index in [1.165, 1.54) is 20.3 Å². The van der Waals surface area contributed by atoms with Crippen molar-refractivity contribution in [3.63, 3.8) is 0 Å². The van der Waals surface area contributed by atoms with Crippen LogP contribution in [0.3, 0.4) is 0 Å². The van der Waals surface area contributed by atoms with Crippen LogP contribution in [0.1, 0.15) is 6.92 Å². The van der Waals surface area contributed by atoms with Gasteiger partial charge in [-0.05, 0) is 6.92 Å². The van der Waals surface area contributed by atoms with E-state index in [1.807, 2.05) is 0 Å². The molecule has 1 N–H and O–H groups in total. The maximum absolute atomic E-state index is 13.7. The zero-order chi connectivity index (χ0) is 13.7. The zero-order valence-corrected chi connectivity index (χ0v) is 10.4. The Morgan fingerprint density at radius 3 is 2.67 bits per heavy atom. The topological polar surface area (TPSA) is 73.6 Å². The lowest BCUT2D eigenvalue weighted by Gasteiger charge is -2.15. The minimum Gasteiger partial charge on any atom is -0.490 e. The largest absolute Gasteiger partial charge is 0.490 e. The Morgan fingerprint density at radius 1 is 1.50 bits per heavy atom. The molecule has 0 amide bonds. The highest BCUT2D eigenvalue weighted by Gasteiger charge is 2.19. The summed E-state index contributed by atoms with van der Waals surface area (Å²) < 4.78 is 23.4. The molecule has 0 aliphatic carbocycles. The number of rotatable bonds is 6. The van der Waals surface area contributed by atoms with Crippen molar-refractivity contribution >= 4 is 11.4 Å². The molecule has 6 nitrogen and oxygen atoms in total. The molecule has 100 valence electrons. The van der Waals surface area contributed by atoms with Crippen molar-refractivity contribution in [3.8, 4) is 5.75 Å². The molecular formula is C11H15FN2O4. The lowest BCUT2D eigenvalue weighted by atomic mass is 10.2. The second kappa shape index (κ2) is 6.15. The van der Waals surface area contributed by atoms with Gasteiger partial charge in [0.25, 0.3) is 0 Å². The summed E-state index contributed by atoms with van der Waals surface area (Å²) in [6, 6.07) is 1.97. The summed E-state index contributed by atoms with van der Waals surface area (Å²) in [6.45, 7) is 2.19. The van der Waals surface area contributed by atoms with Gasteiger partial charge in [-0.3, -0.25) is 10.1 Å². The summed E-state index contributed by atoms with van der Waals surface area (Å²) in [7, 11) is 2.83. The van der Waals surface area contributed by atoms with E-state index in [4.69, 9.17) is 9.47 Å². The maximum Gasteiger partial charge on any atom is 0.313 e. The number of halogens is 1. The van der Waals surface area contributed by atoms with Crippen LogP contribution in [0.15, 0.2) is 12.1 Å². The molecule has 0 aliphatic heterocycles. The number of nitro benzene ring substituents is 1. The summed E-state index contributed by atoms with van der Waals surface area (Å²) in [5.74, 6) is -0.695. The summed E-state index contributed by atoms with van der Waals surface area (Å²) in [4.78, 5) is 10.00. The Kier molecular flexibility index (Phi) is 4.85. The number of benzene rings is 1. The first-order chi connectivity index (χ1) is 8.49. The normalized spacial score (nSPS) is 12.0. The van der Waals surface area contributed by atoms with E-state index < -0.39 is 16.4 Å². The van der Waals surface area contributed by atoms with Crippen molar-refractivity contribution in [1.29, 1.82) is 0 Å². The second-order valence-corrected chi connectivity index (χ2v) is 3.76. The average Bonchev–Trinajstić information content (AvgIpc) is 2.31. The minimum atomic E-state index is -0.703.